The lowest BCUT2D eigenvalue weighted by Crippen LogP contribution is -2.48. The smallest absolute Gasteiger partial charge is 0.213 e. The lowest BCUT2D eigenvalue weighted by molar-refractivity contribution is 0.206. The molecule has 0 atom stereocenters. The molecule has 1 aliphatic heterocycles. The normalized spacial score (nSPS) is 15.7. The minimum Gasteiger partial charge on any atom is -0.473 e. The second kappa shape index (κ2) is 12.2. The molecule has 0 unspecified atom stereocenters. The van der Waals surface area contributed by atoms with Crippen molar-refractivity contribution >= 4 is 5.96 Å². The summed E-state index contributed by atoms with van der Waals surface area (Å²) in [7, 11) is 0. The molecular formula is C24H35N5O. The summed E-state index contributed by atoms with van der Waals surface area (Å²) in [5.41, 5.74) is 2.22. The second-order valence-electron chi connectivity index (χ2n) is 7.73. The van der Waals surface area contributed by atoms with E-state index >= 15 is 0 Å². The Morgan fingerprint density at radius 3 is 2.67 bits per heavy atom. The molecule has 0 spiro atoms. The van der Waals surface area contributed by atoms with Crippen LogP contribution in [-0.4, -0.2) is 48.1 Å². The van der Waals surface area contributed by atoms with Crippen LogP contribution in [0.15, 0.2) is 53.7 Å². The Bertz CT molecular complexity index is 772. The minimum atomic E-state index is 0.484. The van der Waals surface area contributed by atoms with Crippen LogP contribution in [0, 0.1) is 0 Å². The summed E-state index contributed by atoms with van der Waals surface area (Å²) in [6.07, 6.45) is 5.34. The van der Waals surface area contributed by atoms with Crippen LogP contribution in [0.5, 0.6) is 5.88 Å². The van der Waals surface area contributed by atoms with E-state index in [9.17, 15) is 0 Å². The van der Waals surface area contributed by atoms with Crippen molar-refractivity contribution in [2.75, 3.05) is 26.2 Å². The van der Waals surface area contributed by atoms with E-state index in [-0.39, 0.29) is 0 Å². The maximum Gasteiger partial charge on any atom is 0.213 e. The number of hydrogen-bond donors (Lipinski definition) is 2. The number of guanidine groups is 1. The van der Waals surface area contributed by atoms with E-state index < -0.39 is 0 Å². The number of aliphatic imine (C=N–C) groups is 1. The quantitative estimate of drug-likeness (QED) is 0.490. The van der Waals surface area contributed by atoms with Gasteiger partial charge in [-0.25, -0.2) is 9.98 Å². The first kappa shape index (κ1) is 22.1. The summed E-state index contributed by atoms with van der Waals surface area (Å²) in [6.45, 7) is 9.84. The third-order valence-electron chi connectivity index (χ3n) is 5.26. The third kappa shape index (κ3) is 7.34. The third-order valence-corrected chi connectivity index (χ3v) is 5.26. The fourth-order valence-electron chi connectivity index (χ4n) is 3.66. The molecule has 0 amide bonds. The van der Waals surface area contributed by atoms with Crippen LogP contribution >= 0.6 is 0 Å². The molecule has 1 aromatic carbocycles. The van der Waals surface area contributed by atoms with Gasteiger partial charge >= 0.3 is 0 Å². The summed E-state index contributed by atoms with van der Waals surface area (Å²) in [5, 5.41) is 6.99. The van der Waals surface area contributed by atoms with Gasteiger partial charge in [-0.15, -0.1) is 0 Å². The van der Waals surface area contributed by atoms with E-state index in [2.05, 4.69) is 46.5 Å². The van der Waals surface area contributed by atoms with Gasteiger partial charge in [0.15, 0.2) is 5.96 Å². The summed E-state index contributed by atoms with van der Waals surface area (Å²) in [4.78, 5) is 11.7. The van der Waals surface area contributed by atoms with E-state index in [1.54, 1.807) is 6.20 Å². The maximum absolute atomic E-state index is 5.84. The number of rotatable bonds is 9. The summed E-state index contributed by atoms with van der Waals surface area (Å²) >= 11 is 0. The van der Waals surface area contributed by atoms with Crippen LogP contribution in [0.3, 0.4) is 0 Å². The highest BCUT2D eigenvalue weighted by molar-refractivity contribution is 5.80. The van der Waals surface area contributed by atoms with Crippen LogP contribution < -0.4 is 15.4 Å². The van der Waals surface area contributed by atoms with Crippen molar-refractivity contribution in [2.45, 2.75) is 52.3 Å². The van der Waals surface area contributed by atoms with Crippen LogP contribution in [-0.2, 0) is 13.2 Å². The van der Waals surface area contributed by atoms with Gasteiger partial charge in [0.05, 0.1) is 6.54 Å². The Labute approximate surface area is 180 Å². The van der Waals surface area contributed by atoms with Gasteiger partial charge in [-0.05, 0) is 49.9 Å². The lowest BCUT2D eigenvalue weighted by atomic mass is 10.1. The number of nitrogens with one attached hydrogen (secondary N) is 2. The average Bonchev–Trinajstić information content (AvgIpc) is 2.79. The number of nitrogens with zero attached hydrogens (tertiary/aromatic N) is 3. The predicted molar refractivity (Wildman–Crippen MR) is 123 cm³/mol. The molecule has 30 heavy (non-hydrogen) atoms. The Hall–Kier alpha value is -2.60. The first-order valence-electron chi connectivity index (χ1n) is 11.2. The molecule has 1 saturated heterocycles. The average molecular weight is 410 g/mol. The molecule has 1 aromatic heterocycles. The van der Waals surface area contributed by atoms with Crippen molar-refractivity contribution in [3.63, 3.8) is 0 Å². The topological polar surface area (TPSA) is 61.8 Å². The van der Waals surface area contributed by atoms with Gasteiger partial charge < -0.3 is 20.3 Å². The van der Waals surface area contributed by atoms with E-state index in [1.807, 2.05) is 30.3 Å². The standard InChI is InChI=1S/C24H35N5O/c1-3-14-29-15-11-22(12-16-29)28-24(25-4-2)27-18-21-10-13-26-23(17-21)30-19-20-8-6-5-7-9-20/h5-10,13,17,22H,3-4,11-12,14-16,18-19H2,1-2H3,(H2,25,27,28). The van der Waals surface area contributed by atoms with Crippen molar-refractivity contribution < 1.29 is 4.74 Å². The van der Waals surface area contributed by atoms with Gasteiger partial charge in [0, 0.05) is 37.9 Å². The summed E-state index contributed by atoms with van der Waals surface area (Å²) in [6, 6.07) is 14.6. The second-order valence-corrected chi connectivity index (χ2v) is 7.73. The first-order chi connectivity index (χ1) is 14.8. The Kier molecular flexibility index (Phi) is 8.97. The van der Waals surface area contributed by atoms with Crippen molar-refractivity contribution in [2.24, 2.45) is 4.99 Å². The monoisotopic (exact) mass is 409 g/mol. The van der Waals surface area contributed by atoms with Gasteiger partial charge in [0.1, 0.15) is 6.61 Å². The molecule has 1 fully saturated rings. The number of benzene rings is 1. The number of likely N-dealkylation sites (tertiary alicyclic amines) is 1. The van der Waals surface area contributed by atoms with Crippen LogP contribution in [0.1, 0.15) is 44.2 Å². The Morgan fingerprint density at radius 2 is 1.93 bits per heavy atom. The maximum atomic E-state index is 5.84. The molecule has 3 rings (SSSR count). The molecule has 1 aliphatic rings. The summed E-state index contributed by atoms with van der Waals surface area (Å²) in [5.74, 6) is 1.52. The predicted octanol–water partition coefficient (Wildman–Crippen LogP) is 3.59. The first-order valence-corrected chi connectivity index (χ1v) is 11.2. The highest BCUT2D eigenvalue weighted by atomic mass is 16.5. The highest BCUT2D eigenvalue weighted by Gasteiger charge is 2.19. The van der Waals surface area contributed by atoms with Gasteiger partial charge in [-0.3, -0.25) is 0 Å². The zero-order valence-corrected chi connectivity index (χ0v) is 18.3. The number of piperidine rings is 1. The zero-order valence-electron chi connectivity index (χ0n) is 18.3. The molecule has 2 aromatic rings. The number of aromatic nitrogens is 1. The van der Waals surface area contributed by atoms with Crippen molar-refractivity contribution in [1.29, 1.82) is 0 Å². The van der Waals surface area contributed by atoms with Crippen LogP contribution in [0.4, 0.5) is 0 Å². The largest absolute Gasteiger partial charge is 0.473 e. The number of pyridine rings is 1. The Balaban J connectivity index is 1.52. The molecule has 6 nitrogen and oxygen atoms in total. The zero-order chi connectivity index (χ0) is 21.0. The van der Waals surface area contributed by atoms with E-state index in [0.717, 1.165) is 49.6 Å². The molecular weight excluding hydrogens is 374 g/mol. The minimum absolute atomic E-state index is 0.484. The van der Waals surface area contributed by atoms with Gasteiger partial charge in [0.2, 0.25) is 5.88 Å². The number of ether oxygens (including phenoxy) is 1. The molecule has 162 valence electrons. The summed E-state index contributed by atoms with van der Waals surface area (Å²) < 4.78 is 5.84. The van der Waals surface area contributed by atoms with Gasteiger partial charge in [-0.2, -0.15) is 0 Å². The highest BCUT2D eigenvalue weighted by Crippen LogP contribution is 2.13. The molecule has 0 bridgehead atoms. The van der Waals surface area contributed by atoms with E-state index in [4.69, 9.17) is 9.73 Å². The molecule has 6 heteroatoms. The molecule has 0 aliphatic carbocycles. The number of hydrogen-bond acceptors (Lipinski definition) is 4. The van der Waals surface area contributed by atoms with Crippen molar-refractivity contribution in [3.05, 3.63) is 59.8 Å². The van der Waals surface area contributed by atoms with Crippen molar-refractivity contribution in [3.8, 4) is 5.88 Å². The van der Waals surface area contributed by atoms with Gasteiger partial charge in [-0.1, -0.05) is 37.3 Å². The molecule has 2 N–H and O–H groups in total. The van der Waals surface area contributed by atoms with Crippen LogP contribution in [0.2, 0.25) is 0 Å². The van der Waals surface area contributed by atoms with E-state index in [0.29, 0.717) is 25.1 Å². The molecule has 2 heterocycles. The SMILES string of the molecule is CCCN1CCC(NC(=NCc2ccnc(OCc3ccccc3)c2)NCC)CC1. The Morgan fingerprint density at radius 1 is 1.13 bits per heavy atom. The fraction of sp³-hybridized carbons (Fsp3) is 0.500. The fourth-order valence-corrected chi connectivity index (χ4v) is 3.66. The van der Waals surface area contributed by atoms with Gasteiger partial charge in [0.25, 0.3) is 0 Å². The lowest BCUT2D eigenvalue weighted by Gasteiger charge is -2.32. The molecule has 0 radical (unpaired) electrons. The molecule has 0 saturated carbocycles. The van der Waals surface area contributed by atoms with E-state index in [1.165, 1.54) is 13.0 Å². The van der Waals surface area contributed by atoms with Crippen molar-refractivity contribution in [1.82, 2.24) is 20.5 Å². The van der Waals surface area contributed by atoms with Crippen LogP contribution in [0.25, 0.3) is 0 Å².